The normalized spacial score (nSPS) is 10.3. The average molecular weight is 311 g/mol. The van der Waals surface area contributed by atoms with Gasteiger partial charge in [-0.3, -0.25) is 0 Å². The fraction of sp³-hybridized carbons (Fsp3) is 0.0588. The van der Waals surface area contributed by atoms with E-state index in [-0.39, 0.29) is 17.4 Å². The SMILES string of the molecule is COc1ccccc1Oc1ncnc(-c2ccc(F)cc2)c1N. The van der Waals surface area contributed by atoms with Crippen molar-refractivity contribution in [2.45, 2.75) is 0 Å². The first kappa shape index (κ1) is 14.8. The van der Waals surface area contributed by atoms with Gasteiger partial charge in [0.2, 0.25) is 5.88 Å². The van der Waals surface area contributed by atoms with Gasteiger partial charge in [0.15, 0.2) is 11.5 Å². The number of para-hydroxylation sites is 2. The summed E-state index contributed by atoms with van der Waals surface area (Å²) in [5.41, 5.74) is 7.53. The van der Waals surface area contributed by atoms with Gasteiger partial charge in [0, 0.05) is 5.56 Å². The van der Waals surface area contributed by atoms with E-state index in [0.29, 0.717) is 22.8 Å². The van der Waals surface area contributed by atoms with Crippen molar-refractivity contribution in [1.29, 1.82) is 0 Å². The first-order valence-electron chi connectivity index (χ1n) is 6.86. The molecule has 0 saturated carbocycles. The molecule has 0 saturated heterocycles. The molecule has 0 atom stereocenters. The summed E-state index contributed by atoms with van der Waals surface area (Å²) < 4.78 is 24.0. The molecule has 0 bridgehead atoms. The number of rotatable bonds is 4. The predicted octanol–water partition coefficient (Wildman–Crippen LogP) is 3.67. The zero-order valence-electron chi connectivity index (χ0n) is 12.4. The second kappa shape index (κ2) is 6.31. The zero-order chi connectivity index (χ0) is 16.2. The van der Waals surface area contributed by atoms with E-state index in [4.69, 9.17) is 15.2 Å². The number of halogens is 1. The van der Waals surface area contributed by atoms with Crippen molar-refractivity contribution in [2.75, 3.05) is 12.8 Å². The number of hydrogen-bond donors (Lipinski definition) is 1. The number of methoxy groups -OCH3 is 1. The van der Waals surface area contributed by atoms with Gasteiger partial charge in [-0.05, 0) is 36.4 Å². The second-order valence-electron chi connectivity index (χ2n) is 4.70. The number of nitrogen functional groups attached to an aromatic ring is 1. The summed E-state index contributed by atoms with van der Waals surface area (Å²) in [5.74, 6) is 0.940. The Bertz CT molecular complexity index is 822. The van der Waals surface area contributed by atoms with Crippen molar-refractivity contribution in [3.63, 3.8) is 0 Å². The van der Waals surface area contributed by atoms with E-state index >= 15 is 0 Å². The van der Waals surface area contributed by atoms with Crippen LogP contribution in [0.4, 0.5) is 10.1 Å². The molecular formula is C17H14FN3O2. The van der Waals surface area contributed by atoms with Gasteiger partial charge in [0.05, 0.1) is 7.11 Å². The van der Waals surface area contributed by atoms with Crippen molar-refractivity contribution >= 4 is 5.69 Å². The van der Waals surface area contributed by atoms with E-state index in [1.807, 2.05) is 12.1 Å². The van der Waals surface area contributed by atoms with Crippen LogP contribution >= 0.6 is 0 Å². The van der Waals surface area contributed by atoms with Gasteiger partial charge in [-0.25, -0.2) is 9.37 Å². The molecule has 0 radical (unpaired) electrons. The lowest BCUT2D eigenvalue weighted by molar-refractivity contribution is 0.374. The van der Waals surface area contributed by atoms with E-state index in [0.717, 1.165) is 0 Å². The number of anilines is 1. The monoisotopic (exact) mass is 311 g/mol. The third kappa shape index (κ3) is 3.06. The smallest absolute Gasteiger partial charge is 0.246 e. The number of benzene rings is 2. The molecule has 6 heteroatoms. The number of hydrogen-bond acceptors (Lipinski definition) is 5. The minimum absolute atomic E-state index is 0.212. The molecule has 3 rings (SSSR count). The van der Waals surface area contributed by atoms with E-state index in [1.54, 1.807) is 31.4 Å². The molecule has 5 nitrogen and oxygen atoms in total. The molecule has 0 amide bonds. The first-order chi connectivity index (χ1) is 11.2. The Kier molecular flexibility index (Phi) is 4.05. The Morgan fingerprint density at radius 2 is 1.65 bits per heavy atom. The highest BCUT2D eigenvalue weighted by atomic mass is 19.1. The van der Waals surface area contributed by atoms with Gasteiger partial charge in [0.1, 0.15) is 23.5 Å². The third-order valence-corrected chi connectivity index (χ3v) is 3.24. The van der Waals surface area contributed by atoms with E-state index in [9.17, 15) is 4.39 Å². The van der Waals surface area contributed by atoms with Gasteiger partial charge in [-0.15, -0.1) is 0 Å². The summed E-state index contributed by atoms with van der Waals surface area (Å²) in [5, 5.41) is 0. The minimum atomic E-state index is -0.327. The minimum Gasteiger partial charge on any atom is -0.493 e. The van der Waals surface area contributed by atoms with Gasteiger partial charge in [0.25, 0.3) is 0 Å². The molecule has 3 aromatic rings. The summed E-state index contributed by atoms with van der Waals surface area (Å²) in [6.07, 6.45) is 1.35. The van der Waals surface area contributed by atoms with Crippen molar-refractivity contribution in [3.8, 4) is 28.6 Å². The number of aromatic nitrogens is 2. The highest BCUT2D eigenvalue weighted by molar-refractivity contribution is 5.75. The van der Waals surface area contributed by atoms with Crippen LogP contribution < -0.4 is 15.2 Å². The van der Waals surface area contributed by atoms with Crippen LogP contribution in [-0.2, 0) is 0 Å². The molecule has 23 heavy (non-hydrogen) atoms. The van der Waals surface area contributed by atoms with Crippen molar-refractivity contribution in [2.24, 2.45) is 0 Å². The Morgan fingerprint density at radius 3 is 2.35 bits per heavy atom. The van der Waals surface area contributed by atoms with Crippen LogP contribution in [0.15, 0.2) is 54.9 Å². The predicted molar refractivity (Wildman–Crippen MR) is 84.9 cm³/mol. The lowest BCUT2D eigenvalue weighted by atomic mass is 10.1. The lowest BCUT2D eigenvalue weighted by Crippen LogP contribution is -2.00. The largest absolute Gasteiger partial charge is 0.493 e. The first-order valence-corrected chi connectivity index (χ1v) is 6.86. The molecule has 2 aromatic carbocycles. The summed E-state index contributed by atoms with van der Waals surface area (Å²) >= 11 is 0. The zero-order valence-corrected chi connectivity index (χ0v) is 12.4. The molecule has 0 spiro atoms. The highest BCUT2D eigenvalue weighted by Gasteiger charge is 2.14. The van der Waals surface area contributed by atoms with Crippen molar-refractivity contribution in [3.05, 3.63) is 60.7 Å². The van der Waals surface area contributed by atoms with Gasteiger partial charge >= 0.3 is 0 Å². The number of nitrogens with two attached hydrogens (primary N) is 1. The van der Waals surface area contributed by atoms with Crippen LogP contribution in [0.25, 0.3) is 11.3 Å². The second-order valence-corrected chi connectivity index (χ2v) is 4.70. The van der Waals surface area contributed by atoms with Crippen molar-refractivity contribution in [1.82, 2.24) is 9.97 Å². The lowest BCUT2D eigenvalue weighted by Gasteiger charge is -2.12. The highest BCUT2D eigenvalue weighted by Crippen LogP contribution is 2.35. The van der Waals surface area contributed by atoms with Crippen LogP contribution in [0.5, 0.6) is 17.4 Å². The molecule has 0 fully saturated rings. The topological polar surface area (TPSA) is 70.3 Å². The van der Waals surface area contributed by atoms with E-state index in [1.165, 1.54) is 18.5 Å². The molecule has 0 aliphatic rings. The molecule has 116 valence electrons. The molecular weight excluding hydrogens is 297 g/mol. The van der Waals surface area contributed by atoms with Crippen LogP contribution in [0, 0.1) is 5.82 Å². The molecule has 1 heterocycles. The van der Waals surface area contributed by atoms with E-state index < -0.39 is 0 Å². The Balaban J connectivity index is 1.98. The van der Waals surface area contributed by atoms with Gasteiger partial charge in [-0.1, -0.05) is 12.1 Å². The average Bonchev–Trinajstić information content (AvgIpc) is 2.58. The Labute approximate surface area is 132 Å². The maximum absolute atomic E-state index is 13.1. The van der Waals surface area contributed by atoms with Gasteiger partial charge in [-0.2, -0.15) is 4.98 Å². The summed E-state index contributed by atoms with van der Waals surface area (Å²) in [7, 11) is 1.55. The van der Waals surface area contributed by atoms with Crippen LogP contribution in [0.1, 0.15) is 0 Å². The van der Waals surface area contributed by atoms with Gasteiger partial charge < -0.3 is 15.2 Å². The molecule has 0 aliphatic carbocycles. The standard InChI is InChI=1S/C17H14FN3O2/c1-22-13-4-2-3-5-14(13)23-17-15(19)16(20-10-21-17)11-6-8-12(18)9-7-11/h2-10H,19H2,1H3. The maximum atomic E-state index is 13.1. The van der Waals surface area contributed by atoms with Crippen LogP contribution in [0.2, 0.25) is 0 Å². The fourth-order valence-electron chi connectivity index (χ4n) is 2.11. The summed E-state index contributed by atoms with van der Waals surface area (Å²) in [6.45, 7) is 0. The van der Waals surface area contributed by atoms with Crippen LogP contribution in [0.3, 0.4) is 0 Å². The molecule has 2 N–H and O–H groups in total. The molecule has 0 aliphatic heterocycles. The Morgan fingerprint density at radius 1 is 0.957 bits per heavy atom. The van der Waals surface area contributed by atoms with Crippen molar-refractivity contribution < 1.29 is 13.9 Å². The van der Waals surface area contributed by atoms with Crippen LogP contribution in [-0.4, -0.2) is 17.1 Å². The molecule has 0 unspecified atom stereocenters. The summed E-state index contributed by atoms with van der Waals surface area (Å²) in [4.78, 5) is 8.22. The Hall–Kier alpha value is -3.15. The number of ether oxygens (including phenoxy) is 2. The van der Waals surface area contributed by atoms with E-state index in [2.05, 4.69) is 9.97 Å². The molecule has 1 aromatic heterocycles. The maximum Gasteiger partial charge on any atom is 0.246 e. The third-order valence-electron chi connectivity index (χ3n) is 3.24. The number of nitrogens with zero attached hydrogens (tertiary/aromatic N) is 2. The summed E-state index contributed by atoms with van der Waals surface area (Å²) in [6, 6.07) is 13.1. The quantitative estimate of drug-likeness (QED) is 0.796. The fourth-order valence-corrected chi connectivity index (χ4v) is 2.11.